The molecule has 0 bridgehead atoms. The maximum atomic E-state index is 13.2. The molecule has 0 radical (unpaired) electrons. The molecule has 146 valence electrons. The number of carbonyl (C=O) groups is 1. The lowest BCUT2D eigenvalue weighted by atomic mass is 10.1. The maximum absolute atomic E-state index is 13.2. The molecule has 3 aromatic rings. The molecule has 1 aromatic heterocycles. The van der Waals surface area contributed by atoms with Crippen molar-refractivity contribution in [2.45, 2.75) is 13.1 Å². The Hall–Kier alpha value is -3.79. The number of aryl methyl sites for hydroxylation is 1. The van der Waals surface area contributed by atoms with Crippen LogP contribution in [0.15, 0.2) is 70.7 Å². The molecule has 0 aliphatic carbocycles. The zero-order valence-corrected chi connectivity index (χ0v) is 15.2. The van der Waals surface area contributed by atoms with E-state index in [-0.39, 0.29) is 22.7 Å². The minimum Gasteiger partial charge on any atom is -0.457 e. The molecule has 0 aliphatic heterocycles. The fraction of sp³-hybridized carbons (Fsp3) is 0.0909. The zero-order valence-electron chi connectivity index (χ0n) is 15.2. The number of amides is 1. The molecule has 1 amide bonds. The fourth-order valence-corrected chi connectivity index (χ4v) is 2.73. The molecule has 0 saturated carbocycles. The van der Waals surface area contributed by atoms with Gasteiger partial charge >= 0.3 is 6.18 Å². The second kappa shape index (κ2) is 8.07. The minimum atomic E-state index is -4.54. The molecule has 1 heterocycles. The average molecular weight is 396 g/mol. The summed E-state index contributed by atoms with van der Waals surface area (Å²) in [7, 11) is 0. The Morgan fingerprint density at radius 2 is 1.86 bits per heavy atom. The van der Waals surface area contributed by atoms with E-state index in [1.807, 2.05) is 13.0 Å². The molecule has 0 saturated heterocycles. The van der Waals surface area contributed by atoms with Gasteiger partial charge in [-0.2, -0.15) is 18.4 Å². The molecule has 7 heteroatoms. The smallest absolute Gasteiger partial charge is 0.417 e. The third-order valence-electron chi connectivity index (χ3n) is 4.05. The van der Waals surface area contributed by atoms with E-state index < -0.39 is 17.6 Å². The van der Waals surface area contributed by atoms with Crippen molar-refractivity contribution in [3.05, 3.63) is 83.1 Å². The number of hydrogen-bond donors (Lipinski definition) is 1. The Morgan fingerprint density at radius 3 is 2.55 bits per heavy atom. The van der Waals surface area contributed by atoms with Gasteiger partial charge in [0.05, 0.1) is 5.56 Å². The summed E-state index contributed by atoms with van der Waals surface area (Å²) in [6.45, 7) is 1.86. The zero-order chi connectivity index (χ0) is 21.0. The van der Waals surface area contributed by atoms with E-state index in [2.05, 4.69) is 5.32 Å². The average Bonchev–Trinajstić information content (AvgIpc) is 3.14. The predicted octanol–water partition coefficient (Wildman–Crippen LogP) is 5.82. The summed E-state index contributed by atoms with van der Waals surface area (Å²) in [5.74, 6) is -0.569. The minimum absolute atomic E-state index is 0.0134. The molecule has 2 aromatic carbocycles. The van der Waals surface area contributed by atoms with E-state index in [1.165, 1.54) is 36.4 Å². The van der Waals surface area contributed by atoms with E-state index in [4.69, 9.17) is 4.42 Å². The number of carbonyl (C=O) groups excluding carboxylic acids is 1. The first-order valence-electron chi connectivity index (χ1n) is 8.54. The quantitative estimate of drug-likeness (QED) is 0.446. The lowest BCUT2D eigenvalue weighted by Crippen LogP contribution is -2.13. The lowest BCUT2D eigenvalue weighted by Gasteiger charge is -2.10. The van der Waals surface area contributed by atoms with Crippen LogP contribution in [-0.2, 0) is 11.0 Å². The Morgan fingerprint density at radius 1 is 1.10 bits per heavy atom. The van der Waals surface area contributed by atoms with E-state index in [0.717, 1.165) is 11.6 Å². The van der Waals surface area contributed by atoms with Crippen LogP contribution in [0.5, 0.6) is 0 Å². The summed E-state index contributed by atoms with van der Waals surface area (Å²) in [5.41, 5.74) is 0.265. The number of benzene rings is 2. The van der Waals surface area contributed by atoms with Crippen molar-refractivity contribution in [1.82, 2.24) is 0 Å². The third kappa shape index (κ3) is 4.74. The highest BCUT2D eigenvalue weighted by Crippen LogP contribution is 2.37. The first kappa shape index (κ1) is 20.0. The van der Waals surface area contributed by atoms with Crippen molar-refractivity contribution < 1.29 is 22.4 Å². The second-order valence-electron chi connectivity index (χ2n) is 6.24. The van der Waals surface area contributed by atoms with E-state index in [9.17, 15) is 23.2 Å². The lowest BCUT2D eigenvalue weighted by molar-refractivity contribution is -0.137. The normalized spacial score (nSPS) is 11.8. The molecular formula is C22H15F3N2O2. The first-order valence-corrected chi connectivity index (χ1v) is 8.54. The molecule has 3 rings (SSSR count). The number of nitriles is 1. The monoisotopic (exact) mass is 396 g/mol. The number of rotatable bonds is 4. The van der Waals surface area contributed by atoms with Crippen LogP contribution in [0.25, 0.3) is 17.4 Å². The van der Waals surface area contributed by atoms with Gasteiger partial charge in [-0.1, -0.05) is 30.3 Å². The summed E-state index contributed by atoms with van der Waals surface area (Å²) < 4.78 is 45.0. The third-order valence-corrected chi connectivity index (χ3v) is 4.05. The highest BCUT2D eigenvalue weighted by atomic mass is 19.4. The number of halogens is 3. The van der Waals surface area contributed by atoms with Crippen molar-refractivity contribution >= 4 is 17.7 Å². The van der Waals surface area contributed by atoms with Gasteiger partial charge in [-0.3, -0.25) is 4.79 Å². The van der Waals surface area contributed by atoms with Crippen molar-refractivity contribution in [2.75, 3.05) is 5.32 Å². The second-order valence-corrected chi connectivity index (χ2v) is 6.24. The maximum Gasteiger partial charge on any atom is 0.417 e. The number of nitrogens with one attached hydrogen (secondary N) is 1. The van der Waals surface area contributed by atoms with Crippen molar-refractivity contribution in [3.63, 3.8) is 0 Å². The summed E-state index contributed by atoms with van der Waals surface area (Å²) >= 11 is 0. The summed E-state index contributed by atoms with van der Waals surface area (Å²) in [6.07, 6.45) is -3.35. The van der Waals surface area contributed by atoms with Crippen molar-refractivity contribution in [2.24, 2.45) is 0 Å². The highest BCUT2D eigenvalue weighted by molar-refractivity contribution is 6.09. The van der Waals surface area contributed by atoms with Crippen LogP contribution in [0.4, 0.5) is 18.9 Å². The van der Waals surface area contributed by atoms with Gasteiger partial charge in [0.25, 0.3) is 5.91 Å². The molecule has 0 atom stereocenters. The number of hydrogen-bond acceptors (Lipinski definition) is 3. The summed E-state index contributed by atoms with van der Waals surface area (Å²) in [6, 6.07) is 16.6. The molecular weight excluding hydrogens is 381 g/mol. The number of furan rings is 1. The largest absolute Gasteiger partial charge is 0.457 e. The number of nitrogens with zero attached hydrogens (tertiary/aromatic N) is 1. The van der Waals surface area contributed by atoms with Crippen LogP contribution in [0.3, 0.4) is 0 Å². The fourth-order valence-electron chi connectivity index (χ4n) is 2.73. The number of alkyl halides is 3. The first-order chi connectivity index (χ1) is 13.8. The van der Waals surface area contributed by atoms with Gasteiger partial charge in [-0.25, -0.2) is 0 Å². The molecule has 1 N–H and O–H groups in total. The van der Waals surface area contributed by atoms with Gasteiger partial charge in [0.2, 0.25) is 0 Å². The molecule has 29 heavy (non-hydrogen) atoms. The van der Waals surface area contributed by atoms with Gasteiger partial charge in [0, 0.05) is 17.3 Å². The topological polar surface area (TPSA) is 66.0 Å². The molecule has 0 unspecified atom stereocenters. The SMILES string of the molecule is Cc1cccc(NC(=O)/C(C#N)=C\c2ccc(-c3ccccc3C(F)(F)F)o2)c1. The van der Waals surface area contributed by atoms with E-state index in [1.54, 1.807) is 24.3 Å². The van der Waals surface area contributed by atoms with Crippen LogP contribution >= 0.6 is 0 Å². The van der Waals surface area contributed by atoms with Gasteiger partial charge in [-0.15, -0.1) is 0 Å². The van der Waals surface area contributed by atoms with Crippen molar-refractivity contribution in [1.29, 1.82) is 5.26 Å². The van der Waals surface area contributed by atoms with Crippen molar-refractivity contribution in [3.8, 4) is 17.4 Å². The van der Waals surface area contributed by atoms with Gasteiger partial charge in [0.15, 0.2) is 0 Å². The molecule has 0 aliphatic rings. The summed E-state index contributed by atoms with van der Waals surface area (Å²) in [4.78, 5) is 12.3. The number of anilines is 1. The Kier molecular flexibility index (Phi) is 5.55. The Balaban J connectivity index is 1.87. The van der Waals surface area contributed by atoms with Crippen LogP contribution < -0.4 is 5.32 Å². The standard InChI is InChI=1S/C22H15F3N2O2/c1-14-5-4-6-16(11-14)27-21(28)15(13-26)12-17-9-10-20(29-17)18-7-2-3-8-19(18)22(23,24)25/h2-12H,1H3,(H,27,28)/b15-12-. The van der Waals surface area contributed by atoms with Gasteiger partial charge in [-0.05, 0) is 42.8 Å². The molecule has 0 fully saturated rings. The van der Waals surface area contributed by atoms with E-state index in [0.29, 0.717) is 5.69 Å². The Bertz CT molecular complexity index is 1120. The van der Waals surface area contributed by atoms with Crippen LogP contribution in [0.1, 0.15) is 16.9 Å². The molecule has 0 spiro atoms. The molecule has 4 nitrogen and oxygen atoms in total. The van der Waals surface area contributed by atoms with Crippen LogP contribution in [-0.4, -0.2) is 5.91 Å². The predicted molar refractivity (Wildman–Crippen MR) is 103 cm³/mol. The van der Waals surface area contributed by atoms with Gasteiger partial charge in [0.1, 0.15) is 23.2 Å². The highest BCUT2D eigenvalue weighted by Gasteiger charge is 2.34. The van der Waals surface area contributed by atoms with Crippen LogP contribution in [0.2, 0.25) is 0 Å². The van der Waals surface area contributed by atoms with Crippen LogP contribution in [0, 0.1) is 18.3 Å². The van der Waals surface area contributed by atoms with Gasteiger partial charge < -0.3 is 9.73 Å². The Labute approximate surface area is 164 Å². The van der Waals surface area contributed by atoms with E-state index >= 15 is 0 Å². The summed E-state index contributed by atoms with van der Waals surface area (Å²) in [5, 5.41) is 11.9.